The van der Waals surface area contributed by atoms with Gasteiger partial charge in [0.05, 0.1) is 40.7 Å². The Morgan fingerprint density at radius 3 is 1.89 bits per heavy atom. The molecular weight excluding hydrogens is 629 g/mol. The number of benzene rings is 2. The van der Waals surface area contributed by atoms with E-state index in [2.05, 4.69) is 30.6 Å². The first-order chi connectivity index (χ1) is 22.3. The first kappa shape index (κ1) is 34.2. The van der Waals surface area contributed by atoms with E-state index < -0.39 is 0 Å². The third-order valence-corrected chi connectivity index (χ3v) is 8.03. The highest BCUT2D eigenvalue weighted by molar-refractivity contribution is 7.98. The number of nitrogens with zero attached hydrogens (tertiary/aromatic N) is 6. The molecule has 244 valence electrons. The molecule has 0 radical (unpaired) electrons. The molecule has 0 saturated heterocycles. The lowest BCUT2D eigenvalue weighted by Gasteiger charge is -2.34. The number of thioether (sulfide) groups is 2. The summed E-state index contributed by atoms with van der Waals surface area (Å²) < 4.78 is 21.1. The van der Waals surface area contributed by atoms with Crippen molar-refractivity contribution in [1.82, 2.24) is 19.9 Å². The van der Waals surface area contributed by atoms with Crippen LogP contribution in [0.1, 0.15) is 11.1 Å². The number of aromatic nitrogens is 4. The summed E-state index contributed by atoms with van der Waals surface area (Å²) in [6.07, 6.45) is 7.45. The van der Waals surface area contributed by atoms with Gasteiger partial charge in [0.15, 0.2) is 10.3 Å². The molecule has 0 aliphatic carbocycles. The summed E-state index contributed by atoms with van der Waals surface area (Å²) >= 11 is 2.96. The lowest BCUT2D eigenvalue weighted by atomic mass is 10.2. The molecule has 3 heterocycles. The minimum Gasteiger partial charge on any atom is -0.497 e. The van der Waals surface area contributed by atoms with Crippen LogP contribution in [-0.2, 0) is 13.1 Å². The Balaban J connectivity index is 0.000000210. The standard InChI is InChI=1S/C16H18N4O3S.C15H20N4O2S/c1-19-14-10(8-17-15(18-14)24-4)9-20(16(19)21)11-5-12(22-2)7-13(6-11)23-3;1-16-14-10(9-18-15(19-14)22-4)8-17-11-5-12(20-2)7-13(6-11)21-3/h5-8H,9H2,1-4H3;5-7,9,17H,8H2,1-4H3,(H,16,18,19). The molecule has 4 aromatic rings. The fourth-order valence-corrected chi connectivity index (χ4v) is 5.16. The van der Waals surface area contributed by atoms with Crippen LogP contribution in [0.15, 0.2) is 59.1 Å². The van der Waals surface area contributed by atoms with Crippen LogP contribution in [0.25, 0.3) is 0 Å². The summed E-state index contributed by atoms with van der Waals surface area (Å²) in [7, 11) is 9.98. The maximum atomic E-state index is 12.8. The van der Waals surface area contributed by atoms with E-state index in [0.717, 1.165) is 39.3 Å². The fraction of sp³-hybridized carbons (Fsp3) is 0.323. The van der Waals surface area contributed by atoms with Crippen LogP contribution in [0.5, 0.6) is 23.0 Å². The molecule has 15 heteroatoms. The second kappa shape index (κ2) is 16.1. The van der Waals surface area contributed by atoms with Crippen molar-refractivity contribution in [2.24, 2.45) is 0 Å². The van der Waals surface area contributed by atoms with Crippen LogP contribution in [0, 0.1) is 0 Å². The maximum Gasteiger partial charge on any atom is 0.330 e. The number of carbonyl (C=O) groups is 1. The maximum absolute atomic E-state index is 12.8. The number of hydrogen-bond acceptors (Lipinski definition) is 13. The highest BCUT2D eigenvalue weighted by Gasteiger charge is 2.31. The van der Waals surface area contributed by atoms with Gasteiger partial charge in [-0.1, -0.05) is 23.5 Å². The topological polar surface area (TPSA) is 136 Å². The van der Waals surface area contributed by atoms with E-state index in [9.17, 15) is 4.79 Å². The largest absolute Gasteiger partial charge is 0.497 e. The molecular formula is C31H38N8O5S2. The van der Waals surface area contributed by atoms with Crippen molar-refractivity contribution < 1.29 is 23.7 Å². The number of urea groups is 1. The van der Waals surface area contributed by atoms with Crippen molar-refractivity contribution in [2.75, 3.05) is 75.5 Å². The second-order valence-electron chi connectivity index (χ2n) is 9.64. The number of ether oxygens (including phenoxy) is 4. The van der Waals surface area contributed by atoms with Crippen LogP contribution in [0.3, 0.4) is 0 Å². The highest BCUT2D eigenvalue weighted by Crippen LogP contribution is 2.34. The fourth-order valence-electron chi connectivity index (χ4n) is 4.48. The molecule has 0 atom stereocenters. The third kappa shape index (κ3) is 8.14. The Bertz CT molecular complexity index is 1620. The SMILES string of the molecule is CNc1nc(SC)ncc1CNc1cc(OC)cc(OC)c1.COc1cc(OC)cc(N2Cc3cnc(SC)nc3N(C)C2=O)c1. The summed E-state index contributed by atoms with van der Waals surface area (Å²) in [6.45, 7) is 0.991. The number of amides is 2. The third-order valence-electron chi connectivity index (χ3n) is 6.91. The van der Waals surface area contributed by atoms with E-state index in [4.69, 9.17) is 18.9 Å². The van der Waals surface area contributed by atoms with E-state index in [1.807, 2.05) is 44.0 Å². The smallest absolute Gasteiger partial charge is 0.330 e. The van der Waals surface area contributed by atoms with Crippen molar-refractivity contribution in [3.05, 3.63) is 59.9 Å². The monoisotopic (exact) mass is 666 g/mol. The molecule has 2 N–H and O–H groups in total. The van der Waals surface area contributed by atoms with Gasteiger partial charge in [0.25, 0.3) is 0 Å². The zero-order valence-electron chi connectivity index (χ0n) is 27.1. The summed E-state index contributed by atoms with van der Waals surface area (Å²) in [6, 6.07) is 10.9. The summed E-state index contributed by atoms with van der Waals surface area (Å²) in [5, 5.41) is 7.82. The molecule has 2 aromatic heterocycles. The van der Waals surface area contributed by atoms with E-state index in [-0.39, 0.29) is 6.03 Å². The molecule has 13 nitrogen and oxygen atoms in total. The van der Waals surface area contributed by atoms with Crippen LogP contribution in [0.4, 0.5) is 27.8 Å². The predicted molar refractivity (Wildman–Crippen MR) is 184 cm³/mol. The van der Waals surface area contributed by atoms with Crippen LogP contribution < -0.4 is 39.4 Å². The second-order valence-corrected chi connectivity index (χ2v) is 11.2. The van der Waals surface area contributed by atoms with E-state index in [1.165, 1.54) is 28.4 Å². The minimum absolute atomic E-state index is 0.163. The van der Waals surface area contributed by atoms with Crippen molar-refractivity contribution in [1.29, 1.82) is 0 Å². The Morgan fingerprint density at radius 1 is 0.804 bits per heavy atom. The van der Waals surface area contributed by atoms with Crippen LogP contribution in [0.2, 0.25) is 0 Å². The highest BCUT2D eigenvalue weighted by atomic mass is 32.2. The summed E-state index contributed by atoms with van der Waals surface area (Å²) in [5.41, 5.74) is 3.48. The van der Waals surface area contributed by atoms with Gasteiger partial charge >= 0.3 is 6.03 Å². The number of methoxy groups -OCH3 is 4. The lowest BCUT2D eigenvalue weighted by molar-refractivity contribution is 0.251. The van der Waals surface area contributed by atoms with Crippen LogP contribution in [-0.4, -0.2) is 81.0 Å². The van der Waals surface area contributed by atoms with Gasteiger partial charge in [-0.25, -0.2) is 24.7 Å². The first-order valence-corrected chi connectivity index (χ1v) is 16.4. The van der Waals surface area contributed by atoms with E-state index in [1.54, 1.807) is 64.8 Å². The van der Waals surface area contributed by atoms with Crippen molar-refractivity contribution in [3.8, 4) is 23.0 Å². The Labute approximate surface area is 277 Å². The van der Waals surface area contributed by atoms with Gasteiger partial charge in [0.2, 0.25) is 0 Å². The summed E-state index contributed by atoms with van der Waals surface area (Å²) in [4.78, 5) is 33.5. The van der Waals surface area contributed by atoms with Gasteiger partial charge in [-0.15, -0.1) is 0 Å². The first-order valence-electron chi connectivity index (χ1n) is 14.0. The quantitative estimate of drug-likeness (QED) is 0.151. The summed E-state index contributed by atoms with van der Waals surface area (Å²) in [5.74, 6) is 4.20. The molecule has 0 spiro atoms. The number of carbonyl (C=O) groups excluding carboxylic acids is 1. The van der Waals surface area contributed by atoms with Crippen molar-refractivity contribution >= 4 is 52.6 Å². The molecule has 0 fully saturated rings. The number of rotatable bonds is 11. The van der Waals surface area contributed by atoms with Gasteiger partial charge in [0.1, 0.15) is 34.6 Å². The molecule has 0 bridgehead atoms. The van der Waals surface area contributed by atoms with Crippen molar-refractivity contribution in [3.63, 3.8) is 0 Å². The van der Waals surface area contributed by atoms with Crippen molar-refractivity contribution in [2.45, 2.75) is 23.4 Å². The Kier molecular flexibility index (Phi) is 12.0. The van der Waals surface area contributed by atoms with E-state index in [0.29, 0.717) is 41.3 Å². The van der Waals surface area contributed by atoms with Gasteiger partial charge < -0.3 is 29.6 Å². The number of anilines is 4. The molecule has 0 saturated carbocycles. The van der Waals surface area contributed by atoms with Gasteiger partial charge in [-0.3, -0.25) is 9.80 Å². The Morgan fingerprint density at radius 2 is 1.35 bits per heavy atom. The molecule has 46 heavy (non-hydrogen) atoms. The lowest BCUT2D eigenvalue weighted by Crippen LogP contribution is -2.46. The number of fused-ring (bicyclic) bond motifs is 1. The van der Waals surface area contributed by atoms with Gasteiger partial charge in [-0.2, -0.15) is 0 Å². The zero-order chi connectivity index (χ0) is 33.2. The minimum atomic E-state index is -0.163. The number of hydrogen-bond donors (Lipinski definition) is 2. The molecule has 1 aliphatic heterocycles. The predicted octanol–water partition coefficient (Wildman–Crippen LogP) is 5.66. The molecule has 2 amide bonds. The molecule has 0 unspecified atom stereocenters. The van der Waals surface area contributed by atoms with E-state index >= 15 is 0 Å². The molecule has 1 aliphatic rings. The van der Waals surface area contributed by atoms with Gasteiger partial charge in [0, 0.05) is 86.2 Å². The zero-order valence-corrected chi connectivity index (χ0v) is 28.7. The van der Waals surface area contributed by atoms with Gasteiger partial charge in [-0.05, 0) is 12.5 Å². The average molecular weight is 667 g/mol. The number of nitrogens with one attached hydrogen (secondary N) is 2. The van der Waals surface area contributed by atoms with Crippen LogP contribution >= 0.6 is 23.5 Å². The molecule has 5 rings (SSSR count). The normalized spacial score (nSPS) is 12.0. The average Bonchev–Trinajstić information content (AvgIpc) is 3.11. The molecule has 2 aromatic carbocycles. The Hall–Kier alpha value is -4.63.